The summed E-state index contributed by atoms with van der Waals surface area (Å²) < 4.78 is 23.2. The molecule has 0 fully saturated rings. The normalized spacial score (nSPS) is 17.8. The lowest BCUT2D eigenvalue weighted by Gasteiger charge is -2.20. The van der Waals surface area contributed by atoms with Gasteiger partial charge < -0.3 is 4.84 Å². The largest absolute Gasteiger partial charge is 0.399 e. The summed E-state index contributed by atoms with van der Waals surface area (Å²) in [6, 6.07) is 15.1. The first kappa shape index (κ1) is 16.5. The molecule has 24 heavy (non-hydrogen) atoms. The Morgan fingerprint density at radius 2 is 1.75 bits per heavy atom. The van der Waals surface area contributed by atoms with Crippen LogP contribution in [0.4, 0.5) is 0 Å². The fourth-order valence-corrected chi connectivity index (χ4v) is 3.52. The molecule has 0 aliphatic heterocycles. The lowest BCUT2D eigenvalue weighted by Crippen LogP contribution is -2.13. The molecule has 2 aromatic carbocycles. The summed E-state index contributed by atoms with van der Waals surface area (Å²) in [5.41, 5.74) is 5.28. The van der Waals surface area contributed by atoms with Crippen LogP contribution in [0.3, 0.4) is 0 Å². The van der Waals surface area contributed by atoms with Gasteiger partial charge in [-0.15, -0.1) is 0 Å². The summed E-state index contributed by atoms with van der Waals surface area (Å²) in [5, 5.41) is 4.17. The van der Waals surface area contributed by atoms with Crippen molar-refractivity contribution in [3.63, 3.8) is 0 Å². The van der Waals surface area contributed by atoms with Gasteiger partial charge in [-0.1, -0.05) is 41.6 Å². The first-order valence-electron chi connectivity index (χ1n) is 7.69. The van der Waals surface area contributed by atoms with Crippen molar-refractivity contribution in [1.82, 2.24) is 0 Å². The van der Waals surface area contributed by atoms with Gasteiger partial charge in [-0.3, -0.25) is 0 Å². The van der Waals surface area contributed by atoms with Crippen LogP contribution in [0.5, 0.6) is 0 Å². The topological polar surface area (TPSA) is 55.7 Å². The molecule has 1 aliphatic carbocycles. The van der Waals surface area contributed by atoms with Crippen LogP contribution in [0.25, 0.3) is 11.6 Å². The second-order valence-electron chi connectivity index (χ2n) is 5.78. The number of hydrogen-bond donors (Lipinski definition) is 0. The van der Waals surface area contributed by atoms with E-state index < -0.39 is 9.84 Å². The third-order valence-corrected chi connectivity index (χ3v) is 5.20. The highest BCUT2D eigenvalue weighted by Crippen LogP contribution is 2.31. The molecule has 0 unspecified atom stereocenters. The number of benzene rings is 2. The number of sulfone groups is 1. The number of hydrogen-bond acceptors (Lipinski definition) is 4. The van der Waals surface area contributed by atoms with Gasteiger partial charge >= 0.3 is 0 Å². The van der Waals surface area contributed by atoms with Crippen molar-refractivity contribution in [2.75, 3.05) is 13.4 Å². The van der Waals surface area contributed by atoms with Crippen LogP contribution in [0, 0.1) is 0 Å². The zero-order chi connectivity index (χ0) is 17.2. The van der Waals surface area contributed by atoms with Crippen molar-refractivity contribution >= 4 is 27.2 Å². The Kier molecular flexibility index (Phi) is 4.53. The van der Waals surface area contributed by atoms with E-state index in [4.69, 9.17) is 4.84 Å². The molecule has 0 amide bonds. The van der Waals surface area contributed by atoms with E-state index in [-0.39, 0.29) is 0 Å². The fourth-order valence-electron chi connectivity index (χ4n) is 2.89. The van der Waals surface area contributed by atoms with Crippen LogP contribution < -0.4 is 0 Å². The summed E-state index contributed by atoms with van der Waals surface area (Å²) in [6.45, 7) is 0. The van der Waals surface area contributed by atoms with Crippen LogP contribution in [-0.2, 0) is 21.1 Å². The van der Waals surface area contributed by atoms with E-state index in [9.17, 15) is 8.42 Å². The maximum absolute atomic E-state index is 11.6. The van der Waals surface area contributed by atoms with E-state index in [1.54, 1.807) is 19.2 Å². The van der Waals surface area contributed by atoms with Crippen LogP contribution in [0.15, 0.2) is 58.6 Å². The molecular weight excluding hydrogens is 322 g/mol. The van der Waals surface area contributed by atoms with Gasteiger partial charge in [-0.05, 0) is 47.7 Å². The Labute approximate surface area is 142 Å². The number of rotatable bonds is 3. The second-order valence-corrected chi connectivity index (χ2v) is 7.79. The molecule has 1 aliphatic rings. The minimum absolute atomic E-state index is 0.319. The van der Waals surface area contributed by atoms with Gasteiger partial charge in [-0.25, -0.2) is 8.42 Å². The zero-order valence-electron chi connectivity index (χ0n) is 13.7. The molecule has 0 aromatic heterocycles. The third-order valence-electron chi connectivity index (χ3n) is 4.07. The van der Waals surface area contributed by atoms with Gasteiger partial charge in [0.05, 0.1) is 10.6 Å². The van der Waals surface area contributed by atoms with Crippen molar-refractivity contribution in [2.45, 2.75) is 17.7 Å². The highest BCUT2D eigenvalue weighted by molar-refractivity contribution is 7.90. The second kappa shape index (κ2) is 6.61. The lowest BCUT2D eigenvalue weighted by atomic mass is 9.85. The molecule has 0 heterocycles. The van der Waals surface area contributed by atoms with Gasteiger partial charge in [0.15, 0.2) is 9.84 Å². The van der Waals surface area contributed by atoms with Gasteiger partial charge in [0.2, 0.25) is 0 Å². The summed E-state index contributed by atoms with van der Waals surface area (Å²) in [6.07, 6.45) is 4.99. The van der Waals surface area contributed by atoms with Crippen molar-refractivity contribution in [2.24, 2.45) is 5.16 Å². The van der Waals surface area contributed by atoms with Crippen molar-refractivity contribution in [1.29, 1.82) is 0 Å². The number of aryl methyl sites for hydroxylation is 1. The van der Waals surface area contributed by atoms with E-state index in [1.807, 2.05) is 30.3 Å². The average molecular weight is 341 g/mol. The summed E-state index contributed by atoms with van der Waals surface area (Å²) in [5.74, 6) is 0. The number of allylic oxidation sites excluding steroid dienone is 1. The molecule has 124 valence electrons. The predicted molar refractivity (Wildman–Crippen MR) is 96.6 cm³/mol. The molecule has 0 saturated carbocycles. The predicted octanol–water partition coefficient (Wildman–Crippen LogP) is 3.58. The van der Waals surface area contributed by atoms with Gasteiger partial charge in [-0.2, -0.15) is 0 Å². The van der Waals surface area contributed by atoms with E-state index in [0.717, 1.165) is 35.3 Å². The average Bonchev–Trinajstić information content (AvgIpc) is 2.57. The van der Waals surface area contributed by atoms with E-state index in [2.05, 4.69) is 17.3 Å². The van der Waals surface area contributed by atoms with Crippen molar-refractivity contribution in [3.05, 3.63) is 65.2 Å². The number of nitrogens with zero attached hydrogens (tertiary/aromatic N) is 1. The van der Waals surface area contributed by atoms with E-state index >= 15 is 0 Å². The molecule has 2 aromatic rings. The maximum Gasteiger partial charge on any atom is 0.175 e. The monoisotopic (exact) mass is 341 g/mol. The molecule has 4 nitrogen and oxygen atoms in total. The summed E-state index contributed by atoms with van der Waals surface area (Å²) in [7, 11) is -1.64. The molecule has 5 heteroatoms. The number of fused-ring (bicyclic) bond motifs is 1. The lowest BCUT2D eigenvalue weighted by molar-refractivity contribution is 0.213. The minimum Gasteiger partial charge on any atom is -0.399 e. The molecular formula is C19H19NO3S. The first-order valence-corrected chi connectivity index (χ1v) is 9.58. The van der Waals surface area contributed by atoms with Crippen LogP contribution in [0.2, 0.25) is 0 Å². The van der Waals surface area contributed by atoms with Gasteiger partial charge in [0.25, 0.3) is 0 Å². The highest BCUT2D eigenvalue weighted by Gasteiger charge is 2.20. The maximum atomic E-state index is 11.6. The molecule has 0 N–H and O–H groups in total. The van der Waals surface area contributed by atoms with Crippen molar-refractivity contribution < 1.29 is 13.3 Å². The smallest absolute Gasteiger partial charge is 0.175 e. The van der Waals surface area contributed by atoms with Crippen LogP contribution in [0.1, 0.15) is 23.1 Å². The SMILES string of the molecule is CO/N=C1/CCc2ccccc2/C1=C\c1ccc(S(C)(=O)=O)cc1. The molecule has 0 spiro atoms. The Balaban J connectivity index is 2.07. The summed E-state index contributed by atoms with van der Waals surface area (Å²) >= 11 is 0. The zero-order valence-corrected chi connectivity index (χ0v) is 14.5. The van der Waals surface area contributed by atoms with Gasteiger partial charge in [0, 0.05) is 11.8 Å². The third kappa shape index (κ3) is 3.41. The Morgan fingerprint density at radius 3 is 2.42 bits per heavy atom. The van der Waals surface area contributed by atoms with E-state index in [1.165, 1.54) is 11.8 Å². The summed E-state index contributed by atoms with van der Waals surface area (Å²) in [4.78, 5) is 5.31. The molecule has 0 bridgehead atoms. The van der Waals surface area contributed by atoms with Crippen LogP contribution >= 0.6 is 0 Å². The molecule has 0 radical (unpaired) electrons. The molecule has 0 atom stereocenters. The van der Waals surface area contributed by atoms with E-state index in [0.29, 0.717) is 4.90 Å². The standard InChI is InChI=1S/C19H19NO3S/c1-23-20-19-12-9-15-5-3-4-6-17(15)18(19)13-14-7-10-16(11-8-14)24(2,21)22/h3-8,10-11,13H,9,12H2,1-2H3/b18-13+,20-19-. The van der Waals surface area contributed by atoms with Gasteiger partial charge in [0.1, 0.15) is 7.11 Å². The number of oxime groups is 1. The minimum atomic E-state index is -3.19. The van der Waals surface area contributed by atoms with Crippen molar-refractivity contribution in [3.8, 4) is 0 Å². The Morgan fingerprint density at radius 1 is 1.04 bits per heavy atom. The highest BCUT2D eigenvalue weighted by atomic mass is 32.2. The molecule has 3 rings (SSSR count). The Bertz CT molecular complexity index is 910. The fraction of sp³-hybridized carbons (Fsp3) is 0.211. The van der Waals surface area contributed by atoms with Crippen LogP contribution in [-0.4, -0.2) is 27.5 Å². The quantitative estimate of drug-likeness (QED) is 0.802. The Hall–Kier alpha value is -2.40. The first-order chi connectivity index (χ1) is 11.5. The molecule has 0 saturated heterocycles.